The zero-order valence-electron chi connectivity index (χ0n) is 9.98. The fourth-order valence-corrected chi connectivity index (χ4v) is 1.78. The maximum Gasteiger partial charge on any atom is 0.291 e. The predicted molar refractivity (Wildman–Crippen MR) is 72.9 cm³/mol. The van der Waals surface area contributed by atoms with Gasteiger partial charge in [0.1, 0.15) is 0 Å². The number of halogens is 1. The third-order valence-corrected chi connectivity index (χ3v) is 2.68. The molecule has 0 unspecified atom stereocenters. The van der Waals surface area contributed by atoms with E-state index in [-0.39, 0.29) is 11.7 Å². The average molecular weight is 310 g/mol. The normalized spacial score (nSPS) is 10.2. The largest absolute Gasteiger partial charge is 0.444 e. The molecule has 0 aliphatic carbocycles. The molecule has 94 valence electrons. The fourth-order valence-electron chi connectivity index (χ4n) is 1.47. The number of anilines is 2. The molecule has 0 saturated carbocycles. The molecular weight excluding hydrogens is 298 g/mol. The number of hydrogen-bond acceptors (Lipinski definition) is 4. The van der Waals surface area contributed by atoms with Crippen LogP contribution in [0, 0.1) is 0 Å². The third-order valence-electron chi connectivity index (χ3n) is 2.26. The van der Waals surface area contributed by atoms with E-state index in [0.717, 1.165) is 0 Å². The quantitative estimate of drug-likeness (QED) is 0.947. The molecule has 18 heavy (non-hydrogen) atoms. The second-order valence-corrected chi connectivity index (χ2v) is 4.61. The zero-order chi connectivity index (χ0) is 13.1. The number of furan rings is 1. The molecule has 0 saturated heterocycles. The van der Waals surface area contributed by atoms with E-state index in [4.69, 9.17) is 4.42 Å². The van der Waals surface area contributed by atoms with Crippen molar-refractivity contribution in [1.29, 1.82) is 0 Å². The van der Waals surface area contributed by atoms with Crippen molar-refractivity contribution in [2.45, 2.75) is 0 Å². The van der Waals surface area contributed by atoms with E-state index in [2.05, 4.69) is 26.2 Å². The van der Waals surface area contributed by atoms with Crippen LogP contribution >= 0.6 is 15.9 Å². The van der Waals surface area contributed by atoms with Crippen LogP contribution < -0.4 is 10.2 Å². The van der Waals surface area contributed by atoms with Crippen LogP contribution in [-0.4, -0.2) is 25.0 Å². The Hall–Kier alpha value is -1.82. The number of nitrogens with one attached hydrogen (secondary N) is 1. The lowest BCUT2D eigenvalue weighted by molar-refractivity contribution is 0.0995. The molecule has 2 heterocycles. The molecule has 2 aromatic heterocycles. The number of aromatic nitrogens is 1. The van der Waals surface area contributed by atoms with Gasteiger partial charge in [-0.1, -0.05) is 0 Å². The van der Waals surface area contributed by atoms with Crippen LogP contribution in [-0.2, 0) is 0 Å². The Kier molecular flexibility index (Phi) is 3.66. The van der Waals surface area contributed by atoms with Gasteiger partial charge in [0, 0.05) is 20.3 Å². The fraction of sp³-hybridized carbons (Fsp3) is 0.167. The average Bonchev–Trinajstić information content (AvgIpc) is 2.76. The molecular formula is C12H12BrN3O2. The van der Waals surface area contributed by atoms with E-state index in [1.165, 1.54) is 0 Å². The minimum Gasteiger partial charge on any atom is -0.444 e. The SMILES string of the molecule is CN(C)c1ncccc1NC(=O)c1ccc(Br)o1. The molecule has 1 amide bonds. The van der Waals surface area contributed by atoms with E-state index in [0.29, 0.717) is 16.2 Å². The minimum absolute atomic E-state index is 0.246. The Morgan fingerprint density at radius 2 is 2.17 bits per heavy atom. The summed E-state index contributed by atoms with van der Waals surface area (Å²) in [7, 11) is 3.73. The van der Waals surface area contributed by atoms with Crippen LogP contribution in [0.2, 0.25) is 0 Å². The first-order chi connectivity index (χ1) is 8.58. The van der Waals surface area contributed by atoms with Crippen molar-refractivity contribution < 1.29 is 9.21 Å². The van der Waals surface area contributed by atoms with Crippen molar-refractivity contribution >= 4 is 33.3 Å². The highest BCUT2D eigenvalue weighted by atomic mass is 79.9. The molecule has 5 nitrogen and oxygen atoms in total. The number of carbonyl (C=O) groups excluding carboxylic acids is 1. The number of hydrogen-bond donors (Lipinski definition) is 1. The van der Waals surface area contributed by atoms with Crippen LogP contribution in [0.1, 0.15) is 10.6 Å². The summed E-state index contributed by atoms with van der Waals surface area (Å²) in [4.78, 5) is 18.0. The van der Waals surface area contributed by atoms with Crippen molar-refractivity contribution in [2.24, 2.45) is 0 Å². The summed E-state index contributed by atoms with van der Waals surface area (Å²) >= 11 is 3.16. The van der Waals surface area contributed by atoms with Crippen molar-refractivity contribution in [3.8, 4) is 0 Å². The molecule has 0 aliphatic rings. The first-order valence-electron chi connectivity index (χ1n) is 5.27. The van der Waals surface area contributed by atoms with Crippen molar-refractivity contribution in [2.75, 3.05) is 24.3 Å². The van der Waals surface area contributed by atoms with Crippen molar-refractivity contribution in [3.63, 3.8) is 0 Å². The van der Waals surface area contributed by atoms with Gasteiger partial charge in [0.25, 0.3) is 5.91 Å². The Balaban J connectivity index is 2.22. The Labute approximate surface area is 113 Å². The highest BCUT2D eigenvalue weighted by Crippen LogP contribution is 2.22. The second kappa shape index (κ2) is 5.22. The molecule has 0 spiro atoms. The lowest BCUT2D eigenvalue weighted by Crippen LogP contribution is -2.17. The summed E-state index contributed by atoms with van der Waals surface area (Å²) in [6.07, 6.45) is 1.68. The summed E-state index contributed by atoms with van der Waals surface area (Å²) in [6.45, 7) is 0. The summed E-state index contributed by atoms with van der Waals surface area (Å²) in [5.74, 6) is 0.628. The van der Waals surface area contributed by atoms with E-state index in [1.807, 2.05) is 19.0 Å². The van der Waals surface area contributed by atoms with Gasteiger partial charge in [-0.3, -0.25) is 4.79 Å². The van der Waals surface area contributed by atoms with Gasteiger partial charge in [-0.2, -0.15) is 0 Å². The Bertz CT molecular complexity index is 566. The van der Waals surface area contributed by atoms with Crippen LogP contribution in [0.15, 0.2) is 39.5 Å². The van der Waals surface area contributed by atoms with Gasteiger partial charge in [0.15, 0.2) is 16.2 Å². The Morgan fingerprint density at radius 1 is 1.39 bits per heavy atom. The maximum absolute atomic E-state index is 11.9. The van der Waals surface area contributed by atoms with Gasteiger partial charge in [0.05, 0.1) is 5.69 Å². The van der Waals surface area contributed by atoms with Gasteiger partial charge in [0.2, 0.25) is 0 Å². The van der Waals surface area contributed by atoms with Crippen LogP contribution in [0.25, 0.3) is 0 Å². The molecule has 2 aromatic rings. The highest BCUT2D eigenvalue weighted by Gasteiger charge is 2.13. The standard InChI is InChI=1S/C12H12BrN3O2/c1-16(2)11-8(4-3-7-14-11)15-12(17)9-5-6-10(13)18-9/h3-7H,1-2H3,(H,15,17). The number of amides is 1. The number of pyridine rings is 1. The van der Waals surface area contributed by atoms with Crippen LogP contribution in [0.4, 0.5) is 11.5 Å². The zero-order valence-corrected chi connectivity index (χ0v) is 11.6. The van der Waals surface area contributed by atoms with E-state index >= 15 is 0 Å². The molecule has 0 radical (unpaired) electrons. The number of rotatable bonds is 3. The molecule has 0 fully saturated rings. The van der Waals surface area contributed by atoms with Gasteiger partial charge in [-0.25, -0.2) is 4.98 Å². The Morgan fingerprint density at radius 3 is 2.78 bits per heavy atom. The third kappa shape index (κ3) is 2.70. The summed E-state index contributed by atoms with van der Waals surface area (Å²) in [6, 6.07) is 6.83. The highest BCUT2D eigenvalue weighted by molar-refractivity contribution is 9.10. The van der Waals surface area contributed by atoms with E-state index in [1.54, 1.807) is 30.5 Å². The summed E-state index contributed by atoms with van der Waals surface area (Å²) in [5.41, 5.74) is 0.639. The lowest BCUT2D eigenvalue weighted by atomic mass is 10.3. The number of nitrogens with zero attached hydrogens (tertiary/aromatic N) is 2. The predicted octanol–water partition coefficient (Wildman–Crippen LogP) is 2.76. The molecule has 0 aromatic carbocycles. The number of carbonyl (C=O) groups is 1. The first-order valence-corrected chi connectivity index (χ1v) is 6.06. The van der Waals surface area contributed by atoms with Gasteiger partial charge < -0.3 is 14.6 Å². The van der Waals surface area contributed by atoms with Crippen LogP contribution in [0.3, 0.4) is 0 Å². The molecule has 0 aliphatic heterocycles. The minimum atomic E-state index is -0.309. The second-order valence-electron chi connectivity index (χ2n) is 3.83. The lowest BCUT2D eigenvalue weighted by Gasteiger charge is -2.15. The van der Waals surface area contributed by atoms with E-state index < -0.39 is 0 Å². The molecule has 0 bridgehead atoms. The monoisotopic (exact) mass is 309 g/mol. The first kappa shape index (κ1) is 12.6. The van der Waals surface area contributed by atoms with Crippen molar-refractivity contribution in [3.05, 3.63) is 40.9 Å². The molecule has 2 rings (SSSR count). The van der Waals surface area contributed by atoms with Crippen molar-refractivity contribution in [1.82, 2.24) is 4.98 Å². The maximum atomic E-state index is 11.9. The van der Waals surface area contributed by atoms with Gasteiger partial charge in [-0.15, -0.1) is 0 Å². The molecule has 6 heteroatoms. The van der Waals surface area contributed by atoms with Gasteiger partial charge >= 0.3 is 0 Å². The molecule has 1 N–H and O–H groups in total. The smallest absolute Gasteiger partial charge is 0.291 e. The van der Waals surface area contributed by atoms with Crippen LogP contribution in [0.5, 0.6) is 0 Å². The summed E-state index contributed by atoms with van der Waals surface area (Å²) in [5, 5.41) is 2.76. The summed E-state index contributed by atoms with van der Waals surface area (Å²) < 4.78 is 5.71. The topological polar surface area (TPSA) is 58.4 Å². The molecule has 0 atom stereocenters. The van der Waals surface area contributed by atoms with Gasteiger partial charge in [-0.05, 0) is 40.2 Å². The van der Waals surface area contributed by atoms with E-state index in [9.17, 15) is 4.79 Å².